The van der Waals surface area contributed by atoms with E-state index in [-0.39, 0.29) is 16.4 Å². The predicted molar refractivity (Wildman–Crippen MR) is 92.0 cm³/mol. The molecular weight excluding hydrogens is 314 g/mol. The van der Waals surface area contributed by atoms with Crippen LogP contribution >= 0.6 is 0 Å². The minimum atomic E-state index is -3.70. The van der Waals surface area contributed by atoms with Crippen molar-refractivity contribution in [3.05, 3.63) is 29.8 Å². The standard InChI is InChI=1S/C16H27N3O3S/c1-4-5-13-19(3)16(20)14-9-6-7-10-15(14)23(21,22)18-12-8-11-17-2/h6-7,9-10,17-18H,4-5,8,11-13H2,1-3H3. The highest BCUT2D eigenvalue weighted by atomic mass is 32.2. The molecule has 0 radical (unpaired) electrons. The summed E-state index contributed by atoms with van der Waals surface area (Å²) in [7, 11) is -0.185. The van der Waals surface area contributed by atoms with Gasteiger partial charge in [-0.3, -0.25) is 4.79 Å². The number of nitrogens with one attached hydrogen (secondary N) is 2. The third-order valence-corrected chi connectivity index (χ3v) is 5.02. The van der Waals surface area contributed by atoms with Gasteiger partial charge in [-0.2, -0.15) is 0 Å². The highest BCUT2D eigenvalue weighted by Crippen LogP contribution is 2.17. The summed E-state index contributed by atoms with van der Waals surface area (Å²) < 4.78 is 27.5. The Labute approximate surface area is 139 Å². The normalized spacial score (nSPS) is 11.4. The molecule has 0 aromatic heterocycles. The quantitative estimate of drug-likeness (QED) is 0.631. The van der Waals surface area contributed by atoms with Crippen LogP contribution in [0.3, 0.4) is 0 Å². The number of carbonyl (C=O) groups excluding carboxylic acids is 1. The summed E-state index contributed by atoms with van der Waals surface area (Å²) in [6.07, 6.45) is 2.55. The van der Waals surface area contributed by atoms with E-state index in [2.05, 4.69) is 10.0 Å². The third kappa shape index (κ3) is 5.93. The van der Waals surface area contributed by atoms with Crippen molar-refractivity contribution in [3.63, 3.8) is 0 Å². The second-order valence-corrected chi connectivity index (χ2v) is 7.17. The van der Waals surface area contributed by atoms with Crippen molar-refractivity contribution in [2.45, 2.75) is 31.1 Å². The molecule has 0 bridgehead atoms. The zero-order valence-corrected chi connectivity index (χ0v) is 14.9. The van der Waals surface area contributed by atoms with E-state index in [4.69, 9.17) is 0 Å². The molecule has 1 rings (SSSR count). The first-order valence-electron chi connectivity index (χ1n) is 7.92. The van der Waals surface area contributed by atoms with Gasteiger partial charge >= 0.3 is 0 Å². The van der Waals surface area contributed by atoms with Gasteiger partial charge in [0.05, 0.1) is 10.5 Å². The number of hydrogen-bond acceptors (Lipinski definition) is 4. The molecule has 1 amide bonds. The maximum absolute atomic E-state index is 12.5. The summed E-state index contributed by atoms with van der Waals surface area (Å²) in [5.74, 6) is -0.269. The molecule has 1 aromatic carbocycles. The average Bonchev–Trinajstić information content (AvgIpc) is 2.56. The highest BCUT2D eigenvalue weighted by molar-refractivity contribution is 7.89. The molecule has 0 aliphatic rings. The van der Waals surface area contributed by atoms with E-state index in [1.54, 1.807) is 30.1 Å². The smallest absolute Gasteiger partial charge is 0.254 e. The molecule has 0 fully saturated rings. The van der Waals surface area contributed by atoms with Crippen LogP contribution in [0.4, 0.5) is 0 Å². The molecule has 0 saturated carbocycles. The molecule has 0 unspecified atom stereocenters. The number of benzene rings is 1. The number of amides is 1. The Bertz CT molecular complexity index is 602. The highest BCUT2D eigenvalue weighted by Gasteiger charge is 2.23. The topological polar surface area (TPSA) is 78.5 Å². The number of hydrogen-bond donors (Lipinski definition) is 2. The van der Waals surface area contributed by atoms with Crippen LogP contribution in [-0.4, -0.2) is 53.0 Å². The van der Waals surface area contributed by atoms with Gasteiger partial charge < -0.3 is 10.2 Å². The second kappa shape index (κ2) is 9.64. The van der Waals surface area contributed by atoms with Crippen LogP contribution in [0.2, 0.25) is 0 Å². The van der Waals surface area contributed by atoms with Gasteiger partial charge in [-0.1, -0.05) is 25.5 Å². The first kappa shape index (κ1) is 19.6. The largest absolute Gasteiger partial charge is 0.342 e. The lowest BCUT2D eigenvalue weighted by Gasteiger charge is -2.19. The molecule has 130 valence electrons. The Kier molecular flexibility index (Phi) is 8.22. The molecular formula is C16H27N3O3S. The summed E-state index contributed by atoms with van der Waals surface area (Å²) in [5, 5.41) is 2.96. The van der Waals surface area contributed by atoms with Gasteiger partial charge in [0.1, 0.15) is 0 Å². The lowest BCUT2D eigenvalue weighted by Crippen LogP contribution is -2.32. The molecule has 1 aromatic rings. The lowest BCUT2D eigenvalue weighted by molar-refractivity contribution is 0.0789. The SMILES string of the molecule is CCCCN(C)C(=O)c1ccccc1S(=O)(=O)NCCCNC. The van der Waals surface area contributed by atoms with Crippen LogP contribution in [0.25, 0.3) is 0 Å². The average molecular weight is 341 g/mol. The van der Waals surface area contributed by atoms with E-state index in [0.29, 0.717) is 19.5 Å². The minimum absolute atomic E-state index is 0.0396. The zero-order valence-electron chi connectivity index (χ0n) is 14.1. The number of sulfonamides is 1. The summed E-state index contributed by atoms with van der Waals surface area (Å²) >= 11 is 0. The molecule has 0 aliphatic heterocycles. The Morgan fingerprint density at radius 2 is 1.87 bits per heavy atom. The van der Waals surface area contributed by atoms with Crippen LogP contribution < -0.4 is 10.0 Å². The van der Waals surface area contributed by atoms with Gasteiger partial charge in [0.2, 0.25) is 10.0 Å². The van der Waals surface area contributed by atoms with Gasteiger partial charge in [-0.05, 0) is 38.6 Å². The third-order valence-electron chi connectivity index (χ3n) is 3.50. The fraction of sp³-hybridized carbons (Fsp3) is 0.562. The first-order valence-corrected chi connectivity index (χ1v) is 9.41. The zero-order chi connectivity index (χ0) is 17.3. The van der Waals surface area contributed by atoms with Gasteiger partial charge in [0.25, 0.3) is 5.91 Å². The number of unbranched alkanes of at least 4 members (excludes halogenated alkanes) is 1. The van der Waals surface area contributed by atoms with Gasteiger partial charge in [0, 0.05) is 20.1 Å². The Morgan fingerprint density at radius 1 is 1.17 bits per heavy atom. The van der Waals surface area contributed by atoms with E-state index in [1.807, 2.05) is 14.0 Å². The van der Waals surface area contributed by atoms with E-state index in [9.17, 15) is 13.2 Å². The molecule has 0 aliphatic carbocycles. The summed E-state index contributed by atoms with van der Waals surface area (Å²) in [4.78, 5) is 14.1. The molecule has 2 N–H and O–H groups in total. The van der Waals surface area contributed by atoms with E-state index in [0.717, 1.165) is 19.4 Å². The Morgan fingerprint density at radius 3 is 2.52 bits per heavy atom. The van der Waals surface area contributed by atoms with Crippen molar-refractivity contribution >= 4 is 15.9 Å². The number of rotatable bonds is 10. The molecule has 0 heterocycles. The molecule has 0 saturated heterocycles. The Balaban J connectivity index is 2.93. The molecule has 0 atom stereocenters. The predicted octanol–water partition coefficient (Wildman–Crippen LogP) is 1.45. The van der Waals surface area contributed by atoms with Gasteiger partial charge in [-0.15, -0.1) is 0 Å². The van der Waals surface area contributed by atoms with Gasteiger partial charge in [0.15, 0.2) is 0 Å². The van der Waals surface area contributed by atoms with Gasteiger partial charge in [-0.25, -0.2) is 13.1 Å². The van der Waals surface area contributed by atoms with Crippen molar-refractivity contribution in [3.8, 4) is 0 Å². The Hall–Kier alpha value is -1.44. The monoisotopic (exact) mass is 341 g/mol. The van der Waals surface area contributed by atoms with Crippen molar-refractivity contribution in [1.29, 1.82) is 0 Å². The van der Waals surface area contributed by atoms with Crippen molar-refractivity contribution < 1.29 is 13.2 Å². The molecule has 23 heavy (non-hydrogen) atoms. The fourth-order valence-electron chi connectivity index (χ4n) is 2.13. The maximum atomic E-state index is 12.5. The molecule has 7 heteroatoms. The second-order valence-electron chi connectivity index (χ2n) is 5.43. The molecule has 6 nitrogen and oxygen atoms in total. The first-order chi connectivity index (χ1) is 10.9. The van der Waals surface area contributed by atoms with Crippen molar-refractivity contribution in [1.82, 2.24) is 14.9 Å². The van der Waals surface area contributed by atoms with E-state index < -0.39 is 10.0 Å². The maximum Gasteiger partial charge on any atom is 0.254 e. The summed E-state index contributed by atoms with van der Waals surface area (Å²) in [6, 6.07) is 6.35. The van der Waals surface area contributed by atoms with E-state index >= 15 is 0 Å². The van der Waals surface area contributed by atoms with Crippen LogP contribution in [0, 0.1) is 0 Å². The van der Waals surface area contributed by atoms with Crippen LogP contribution in [0.1, 0.15) is 36.5 Å². The minimum Gasteiger partial charge on any atom is -0.342 e. The van der Waals surface area contributed by atoms with Crippen molar-refractivity contribution in [2.24, 2.45) is 0 Å². The van der Waals surface area contributed by atoms with Crippen LogP contribution in [-0.2, 0) is 10.0 Å². The van der Waals surface area contributed by atoms with E-state index in [1.165, 1.54) is 6.07 Å². The summed E-state index contributed by atoms with van der Waals surface area (Å²) in [6.45, 7) is 3.71. The number of carbonyl (C=O) groups is 1. The lowest BCUT2D eigenvalue weighted by atomic mass is 10.2. The number of nitrogens with zero attached hydrogens (tertiary/aromatic N) is 1. The van der Waals surface area contributed by atoms with Crippen LogP contribution in [0.15, 0.2) is 29.2 Å². The van der Waals surface area contributed by atoms with Crippen LogP contribution in [0.5, 0.6) is 0 Å². The molecule has 0 spiro atoms. The fourth-order valence-corrected chi connectivity index (χ4v) is 3.40. The summed E-state index contributed by atoms with van der Waals surface area (Å²) in [5.41, 5.74) is 0.215. The van der Waals surface area contributed by atoms with Crippen molar-refractivity contribution in [2.75, 3.05) is 33.7 Å².